The lowest BCUT2D eigenvalue weighted by molar-refractivity contribution is -0.133. The van der Waals surface area contributed by atoms with Crippen molar-refractivity contribution in [2.75, 3.05) is 5.75 Å². The van der Waals surface area contributed by atoms with Gasteiger partial charge in [-0.3, -0.25) is 4.79 Å². The summed E-state index contributed by atoms with van der Waals surface area (Å²) in [6.07, 6.45) is 4.76. The van der Waals surface area contributed by atoms with Crippen molar-refractivity contribution in [2.45, 2.75) is 51.2 Å². The summed E-state index contributed by atoms with van der Waals surface area (Å²) >= 11 is 1.30. The topological polar surface area (TPSA) is 55.1 Å². The number of benzene rings is 1. The van der Waals surface area contributed by atoms with E-state index in [4.69, 9.17) is 5.11 Å². The third-order valence-electron chi connectivity index (χ3n) is 3.43. The number of nitrogens with zero attached hydrogens (tertiary/aromatic N) is 2. The normalized spacial score (nSPS) is 11.1. The van der Waals surface area contributed by atoms with Crippen molar-refractivity contribution < 1.29 is 9.90 Å². The van der Waals surface area contributed by atoms with Gasteiger partial charge in [-0.1, -0.05) is 44.0 Å². The average Bonchev–Trinajstić information content (AvgIpc) is 2.78. The number of rotatable bonds is 8. The highest BCUT2D eigenvalue weighted by Gasteiger charge is 2.12. The fourth-order valence-electron chi connectivity index (χ4n) is 2.36. The summed E-state index contributed by atoms with van der Waals surface area (Å²) in [6, 6.07) is 6.19. The molecule has 2 rings (SSSR count). The van der Waals surface area contributed by atoms with Crippen LogP contribution in [0.25, 0.3) is 11.0 Å². The van der Waals surface area contributed by atoms with Crippen LogP contribution >= 0.6 is 11.8 Å². The van der Waals surface area contributed by atoms with E-state index in [2.05, 4.69) is 29.5 Å². The van der Waals surface area contributed by atoms with E-state index < -0.39 is 5.97 Å². The number of hydrogen-bond donors (Lipinski definition) is 1. The van der Waals surface area contributed by atoms with Gasteiger partial charge in [0, 0.05) is 6.54 Å². The third kappa shape index (κ3) is 4.24. The molecule has 0 saturated heterocycles. The molecule has 1 aromatic heterocycles. The number of unbranched alkanes of at least 4 members (excludes halogenated alkanes) is 3. The van der Waals surface area contributed by atoms with Gasteiger partial charge in [0.1, 0.15) is 0 Å². The molecule has 0 radical (unpaired) electrons. The van der Waals surface area contributed by atoms with Gasteiger partial charge in [-0.15, -0.1) is 0 Å². The molecule has 0 atom stereocenters. The van der Waals surface area contributed by atoms with Gasteiger partial charge in [0.2, 0.25) is 0 Å². The summed E-state index contributed by atoms with van der Waals surface area (Å²) in [7, 11) is 0. The molecule has 0 amide bonds. The van der Waals surface area contributed by atoms with Gasteiger partial charge in [0.15, 0.2) is 5.16 Å². The molecule has 114 valence electrons. The maximum absolute atomic E-state index is 10.8. The van der Waals surface area contributed by atoms with E-state index in [0.29, 0.717) is 0 Å². The zero-order valence-corrected chi connectivity index (χ0v) is 13.4. The van der Waals surface area contributed by atoms with E-state index >= 15 is 0 Å². The first-order valence-electron chi connectivity index (χ1n) is 7.43. The standard InChI is InChI=1S/C16H22N2O2S/c1-3-4-5-6-9-18-14-10-12(2)7-8-13(14)17-16(18)21-11-15(19)20/h7-8,10H,3-6,9,11H2,1-2H3,(H,19,20). The first-order valence-corrected chi connectivity index (χ1v) is 8.42. The molecular formula is C16H22N2O2S. The van der Waals surface area contributed by atoms with E-state index in [0.717, 1.165) is 29.2 Å². The summed E-state index contributed by atoms with van der Waals surface area (Å²) in [4.78, 5) is 15.4. The Bertz CT molecular complexity index is 622. The van der Waals surface area contributed by atoms with Gasteiger partial charge in [0.25, 0.3) is 0 Å². The average molecular weight is 306 g/mol. The van der Waals surface area contributed by atoms with Crippen LogP contribution < -0.4 is 0 Å². The minimum Gasteiger partial charge on any atom is -0.481 e. The molecule has 1 aromatic carbocycles. The zero-order chi connectivity index (χ0) is 15.2. The lowest BCUT2D eigenvalue weighted by Crippen LogP contribution is -2.03. The lowest BCUT2D eigenvalue weighted by Gasteiger charge is -2.08. The molecule has 0 fully saturated rings. The number of aliphatic carboxylic acids is 1. The number of aromatic nitrogens is 2. The van der Waals surface area contributed by atoms with Crippen LogP contribution in [0.2, 0.25) is 0 Å². The fraction of sp³-hybridized carbons (Fsp3) is 0.500. The van der Waals surface area contributed by atoms with E-state index in [1.165, 1.54) is 36.6 Å². The molecule has 0 bridgehead atoms. The Morgan fingerprint density at radius 2 is 2.14 bits per heavy atom. The van der Waals surface area contributed by atoms with Crippen LogP contribution in [-0.4, -0.2) is 26.4 Å². The van der Waals surface area contributed by atoms with Crippen LogP contribution in [0.4, 0.5) is 0 Å². The molecular weight excluding hydrogens is 284 g/mol. The Kier molecular flexibility index (Phi) is 5.67. The van der Waals surface area contributed by atoms with E-state index in [1.807, 2.05) is 12.1 Å². The van der Waals surface area contributed by atoms with Gasteiger partial charge < -0.3 is 9.67 Å². The van der Waals surface area contributed by atoms with Crippen LogP contribution in [0, 0.1) is 6.92 Å². The van der Waals surface area contributed by atoms with Crippen LogP contribution in [0.15, 0.2) is 23.4 Å². The van der Waals surface area contributed by atoms with Crippen LogP contribution in [0.5, 0.6) is 0 Å². The maximum Gasteiger partial charge on any atom is 0.313 e. The van der Waals surface area contributed by atoms with Gasteiger partial charge in [0.05, 0.1) is 16.8 Å². The molecule has 21 heavy (non-hydrogen) atoms. The largest absolute Gasteiger partial charge is 0.481 e. The van der Waals surface area contributed by atoms with Gasteiger partial charge in [-0.25, -0.2) is 4.98 Å². The van der Waals surface area contributed by atoms with Crippen LogP contribution in [-0.2, 0) is 11.3 Å². The van der Waals surface area contributed by atoms with Crippen molar-refractivity contribution in [1.29, 1.82) is 0 Å². The van der Waals surface area contributed by atoms with Gasteiger partial charge in [-0.05, 0) is 31.0 Å². The van der Waals surface area contributed by atoms with Crippen molar-refractivity contribution in [1.82, 2.24) is 9.55 Å². The second-order valence-electron chi connectivity index (χ2n) is 5.28. The Hall–Kier alpha value is -1.49. The molecule has 0 saturated carbocycles. The Balaban J connectivity index is 2.24. The quantitative estimate of drug-likeness (QED) is 0.589. The van der Waals surface area contributed by atoms with Crippen molar-refractivity contribution in [3.63, 3.8) is 0 Å². The summed E-state index contributed by atoms with van der Waals surface area (Å²) in [6.45, 7) is 5.17. The highest BCUT2D eigenvalue weighted by Crippen LogP contribution is 2.25. The molecule has 1 N–H and O–H groups in total. The van der Waals surface area contributed by atoms with E-state index in [9.17, 15) is 4.79 Å². The molecule has 2 aromatic rings. The Morgan fingerprint density at radius 1 is 1.33 bits per heavy atom. The van der Waals surface area contributed by atoms with Crippen molar-refractivity contribution >= 4 is 28.8 Å². The van der Waals surface area contributed by atoms with E-state index in [-0.39, 0.29) is 5.75 Å². The minimum absolute atomic E-state index is 0.0528. The predicted octanol–water partition coefficient (Wildman–Crippen LogP) is 4.10. The van der Waals surface area contributed by atoms with E-state index in [1.54, 1.807) is 0 Å². The number of carboxylic acids is 1. The number of carbonyl (C=O) groups is 1. The Morgan fingerprint density at radius 3 is 2.86 bits per heavy atom. The smallest absolute Gasteiger partial charge is 0.313 e. The summed E-state index contributed by atoms with van der Waals surface area (Å²) in [5.41, 5.74) is 3.26. The number of fused-ring (bicyclic) bond motifs is 1. The number of carboxylic acid groups (broad SMARTS) is 1. The SMILES string of the molecule is CCCCCCn1c(SCC(=O)O)nc2ccc(C)cc21. The summed E-state index contributed by atoms with van der Waals surface area (Å²) < 4.78 is 2.17. The molecule has 0 spiro atoms. The number of aryl methyl sites for hydroxylation is 2. The van der Waals surface area contributed by atoms with Crippen molar-refractivity contribution in [3.05, 3.63) is 23.8 Å². The van der Waals surface area contributed by atoms with Gasteiger partial charge in [-0.2, -0.15) is 0 Å². The van der Waals surface area contributed by atoms with Crippen LogP contribution in [0.1, 0.15) is 38.2 Å². The first kappa shape index (κ1) is 15.9. The highest BCUT2D eigenvalue weighted by atomic mass is 32.2. The number of thioether (sulfide) groups is 1. The monoisotopic (exact) mass is 306 g/mol. The zero-order valence-electron chi connectivity index (χ0n) is 12.6. The fourth-order valence-corrected chi connectivity index (χ4v) is 3.12. The molecule has 0 unspecified atom stereocenters. The summed E-state index contributed by atoms with van der Waals surface area (Å²) in [5.74, 6) is -0.752. The molecule has 0 aliphatic rings. The molecule has 0 aliphatic carbocycles. The highest BCUT2D eigenvalue weighted by molar-refractivity contribution is 7.99. The van der Waals surface area contributed by atoms with Crippen molar-refractivity contribution in [3.8, 4) is 0 Å². The second-order valence-corrected chi connectivity index (χ2v) is 6.22. The molecule has 1 heterocycles. The second kappa shape index (κ2) is 7.50. The number of imidazole rings is 1. The van der Waals surface area contributed by atoms with Crippen molar-refractivity contribution in [2.24, 2.45) is 0 Å². The first-order chi connectivity index (χ1) is 10.1. The van der Waals surface area contributed by atoms with Crippen LogP contribution in [0.3, 0.4) is 0 Å². The Labute approximate surface area is 129 Å². The third-order valence-corrected chi connectivity index (χ3v) is 4.39. The summed E-state index contributed by atoms with van der Waals surface area (Å²) in [5, 5.41) is 9.69. The van der Waals surface area contributed by atoms with Gasteiger partial charge >= 0.3 is 5.97 Å². The predicted molar refractivity (Wildman–Crippen MR) is 87.0 cm³/mol. The number of hydrogen-bond acceptors (Lipinski definition) is 3. The molecule has 5 heteroatoms. The molecule has 4 nitrogen and oxygen atoms in total. The lowest BCUT2D eigenvalue weighted by atomic mass is 10.2. The maximum atomic E-state index is 10.8. The minimum atomic E-state index is -0.805. The molecule has 0 aliphatic heterocycles.